The van der Waals surface area contributed by atoms with E-state index in [0.29, 0.717) is 17.3 Å². The van der Waals surface area contributed by atoms with Crippen molar-refractivity contribution in [1.29, 1.82) is 0 Å². The molecule has 0 spiro atoms. The van der Waals surface area contributed by atoms with E-state index in [0.717, 1.165) is 22.6 Å². The number of aromatic nitrogens is 3. The second-order valence-corrected chi connectivity index (χ2v) is 4.98. The van der Waals surface area contributed by atoms with Crippen LogP contribution in [0.15, 0.2) is 48.8 Å². The molecule has 0 unspecified atom stereocenters. The van der Waals surface area contributed by atoms with Gasteiger partial charge in [0.2, 0.25) is 0 Å². The average Bonchev–Trinajstić information content (AvgIpc) is 2.50. The van der Waals surface area contributed by atoms with Crippen LogP contribution >= 0.6 is 0 Å². The van der Waals surface area contributed by atoms with Crippen LogP contribution < -0.4 is 10.5 Å². The van der Waals surface area contributed by atoms with E-state index < -0.39 is 0 Å². The highest BCUT2D eigenvalue weighted by atomic mass is 16.5. The summed E-state index contributed by atoms with van der Waals surface area (Å²) in [6, 6.07) is 11.2. The Morgan fingerprint density at radius 3 is 2.55 bits per heavy atom. The molecule has 110 valence electrons. The van der Waals surface area contributed by atoms with E-state index in [1.165, 1.54) is 0 Å². The SMILES string of the molecule is Cc1cc(-c2cc(Oc3ccc(N)nc3C)ccn2)ccn1. The molecule has 0 aliphatic rings. The molecule has 0 atom stereocenters. The Kier molecular flexibility index (Phi) is 3.70. The van der Waals surface area contributed by atoms with Crippen molar-refractivity contribution >= 4 is 5.82 Å². The van der Waals surface area contributed by atoms with Crippen molar-refractivity contribution in [1.82, 2.24) is 15.0 Å². The van der Waals surface area contributed by atoms with Crippen molar-refractivity contribution in [3.8, 4) is 22.8 Å². The minimum absolute atomic E-state index is 0.479. The maximum atomic E-state index is 5.88. The minimum atomic E-state index is 0.479. The first-order chi connectivity index (χ1) is 10.6. The lowest BCUT2D eigenvalue weighted by Crippen LogP contribution is -1.95. The highest BCUT2D eigenvalue weighted by molar-refractivity contribution is 5.60. The van der Waals surface area contributed by atoms with Gasteiger partial charge in [0.1, 0.15) is 17.3 Å². The summed E-state index contributed by atoms with van der Waals surface area (Å²) < 4.78 is 5.88. The quantitative estimate of drug-likeness (QED) is 0.799. The number of pyridine rings is 3. The molecule has 3 aromatic heterocycles. The van der Waals surface area contributed by atoms with E-state index in [-0.39, 0.29) is 0 Å². The fourth-order valence-electron chi connectivity index (χ4n) is 2.14. The Hall–Kier alpha value is -2.95. The number of nitrogen functional groups attached to an aromatic ring is 1. The molecule has 3 heterocycles. The van der Waals surface area contributed by atoms with Crippen LogP contribution in [0.3, 0.4) is 0 Å². The van der Waals surface area contributed by atoms with Crippen molar-refractivity contribution in [2.45, 2.75) is 13.8 Å². The molecule has 0 fully saturated rings. The lowest BCUT2D eigenvalue weighted by atomic mass is 10.1. The Bertz CT molecular complexity index is 817. The van der Waals surface area contributed by atoms with Crippen LogP contribution in [-0.2, 0) is 0 Å². The van der Waals surface area contributed by atoms with Crippen LogP contribution in [0.2, 0.25) is 0 Å². The van der Waals surface area contributed by atoms with Crippen LogP contribution in [-0.4, -0.2) is 15.0 Å². The maximum absolute atomic E-state index is 5.88. The summed E-state index contributed by atoms with van der Waals surface area (Å²) in [5.74, 6) is 1.86. The zero-order valence-corrected chi connectivity index (χ0v) is 12.4. The number of rotatable bonds is 3. The summed E-state index contributed by atoms with van der Waals surface area (Å²) in [6.07, 6.45) is 3.49. The number of anilines is 1. The van der Waals surface area contributed by atoms with Crippen molar-refractivity contribution < 1.29 is 4.74 Å². The first-order valence-corrected chi connectivity index (χ1v) is 6.92. The fourth-order valence-corrected chi connectivity index (χ4v) is 2.14. The van der Waals surface area contributed by atoms with Crippen LogP contribution in [0.25, 0.3) is 11.3 Å². The van der Waals surface area contributed by atoms with Gasteiger partial charge < -0.3 is 10.5 Å². The van der Waals surface area contributed by atoms with Crippen LogP contribution in [0.5, 0.6) is 11.5 Å². The molecule has 5 nitrogen and oxygen atoms in total. The monoisotopic (exact) mass is 292 g/mol. The van der Waals surface area contributed by atoms with Crippen LogP contribution in [0.1, 0.15) is 11.4 Å². The van der Waals surface area contributed by atoms with Gasteiger partial charge in [-0.2, -0.15) is 0 Å². The van der Waals surface area contributed by atoms with E-state index in [2.05, 4.69) is 15.0 Å². The average molecular weight is 292 g/mol. The van der Waals surface area contributed by atoms with Gasteiger partial charge in [0.05, 0.1) is 11.4 Å². The van der Waals surface area contributed by atoms with Crippen molar-refractivity contribution in [2.75, 3.05) is 5.73 Å². The van der Waals surface area contributed by atoms with Crippen LogP contribution in [0.4, 0.5) is 5.82 Å². The first-order valence-electron chi connectivity index (χ1n) is 6.92. The third kappa shape index (κ3) is 3.03. The van der Waals surface area contributed by atoms with Gasteiger partial charge in [0.15, 0.2) is 0 Å². The number of nitrogens with zero attached hydrogens (tertiary/aromatic N) is 3. The van der Waals surface area contributed by atoms with Crippen molar-refractivity contribution in [2.24, 2.45) is 0 Å². The van der Waals surface area contributed by atoms with Crippen molar-refractivity contribution in [3.63, 3.8) is 0 Å². The molecule has 3 aromatic rings. The van der Waals surface area contributed by atoms with Gasteiger partial charge in [-0.15, -0.1) is 0 Å². The summed E-state index contributed by atoms with van der Waals surface area (Å²) in [4.78, 5) is 12.8. The minimum Gasteiger partial charge on any atom is -0.455 e. The number of aryl methyl sites for hydroxylation is 2. The van der Waals surface area contributed by atoms with Gasteiger partial charge in [-0.3, -0.25) is 9.97 Å². The molecule has 5 heteroatoms. The summed E-state index contributed by atoms with van der Waals surface area (Å²) in [5.41, 5.74) is 9.19. The largest absolute Gasteiger partial charge is 0.455 e. The summed E-state index contributed by atoms with van der Waals surface area (Å²) >= 11 is 0. The first kappa shape index (κ1) is 14.0. The topological polar surface area (TPSA) is 73.9 Å². The van der Waals surface area contributed by atoms with E-state index >= 15 is 0 Å². The van der Waals surface area contributed by atoms with Gasteiger partial charge in [-0.05, 0) is 44.2 Å². The lowest BCUT2D eigenvalue weighted by molar-refractivity contribution is 0.475. The Balaban J connectivity index is 1.91. The molecule has 22 heavy (non-hydrogen) atoms. The predicted molar refractivity (Wildman–Crippen MR) is 85.7 cm³/mol. The van der Waals surface area contributed by atoms with E-state index in [4.69, 9.17) is 10.5 Å². The van der Waals surface area contributed by atoms with Gasteiger partial charge in [-0.1, -0.05) is 0 Å². The molecule has 0 aromatic carbocycles. The van der Waals surface area contributed by atoms with Crippen LogP contribution in [0, 0.1) is 13.8 Å². The number of hydrogen-bond donors (Lipinski definition) is 1. The Morgan fingerprint density at radius 2 is 1.77 bits per heavy atom. The molecule has 0 radical (unpaired) electrons. The summed E-state index contributed by atoms with van der Waals surface area (Å²) in [6.45, 7) is 3.81. The molecule has 0 bridgehead atoms. The predicted octanol–water partition coefficient (Wildman–Crippen LogP) is 3.53. The van der Waals surface area contributed by atoms with Gasteiger partial charge in [0, 0.05) is 29.7 Å². The molecular formula is C17H16N4O. The second-order valence-electron chi connectivity index (χ2n) is 4.98. The van der Waals surface area contributed by atoms with E-state index in [1.807, 2.05) is 44.2 Å². The third-order valence-corrected chi connectivity index (χ3v) is 3.21. The third-order valence-electron chi connectivity index (χ3n) is 3.21. The summed E-state index contributed by atoms with van der Waals surface area (Å²) in [7, 11) is 0. The molecule has 0 saturated carbocycles. The highest BCUT2D eigenvalue weighted by Gasteiger charge is 2.06. The highest BCUT2D eigenvalue weighted by Crippen LogP contribution is 2.27. The molecular weight excluding hydrogens is 276 g/mol. The molecule has 3 rings (SSSR count). The smallest absolute Gasteiger partial charge is 0.148 e. The van der Waals surface area contributed by atoms with Gasteiger partial charge in [-0.25, -0.2) is 4.98 Å². The molecule has 2 N–H and O–H groups in total. The zero-order valence-electron chi connectivity index (χ0n) is 12.4. The number of hydrogen-bond acceptors (Lipinski definition) is 5. The molecule has 0 saturated heterocycles. The Morgan fingerprint density at radius 1 is 0.955 bits per heavy atom. The lowest BCUT2D eigenvalue weighted by Gasteiger charge is -2.09. The van der Waals surface area contributed by atoms with Gasteiger partial charge in [0.25, 0.3) is 0 Å². The maximum Gasteiger partial charge on any atom is 0.148 e. The zero-order chi connectivity index (χ0) is 15.5. The molecule has 0 aliphatic heterocycles. The molecule has 0 aliphatic carbocycles. The standard InChI is InChI=1S/C17H16N4O/c1-11-9-13(5-7-19-11)15-10-14(6-8-20-15)22-16-3-4-17(18)21-12(16)2/h3-10H,1-2H3,(H2,18,21). The normalized spacial score (nSPS) is 10.5. The molecule has 0 amide bonds. The van der Waals surface area contributed by atoms with Crippen molar-refractivity contribution in [3.05, 3.63) is 60.2 Å². The van der Waals surface area contributed by atoms with Gasteiger partial charge >= 0.3 is 0 Å². The van der Waals surface area contributed by atoms with E-state index in [1.54, 1.807) is 18.5 Å². The fraction of sp³-hybridized carbons (Fsp3) is 0.118. The number of nitrogens with two attached hydrogens (primary N) is 1. The summed E-state index contributed by atoms with van der Waals surface area (Å²) in [5, 5.41) is 0. The van der Waals surface area contributed by atoms with E-state index in [9.17, 15) is 0 Å². The Labute approximate surface area is 128 Å². The second kappa shape index (κ2) is 5.81. The number of ether oxygens (including phenoxy) is 1.